The SMILES string of the molecule is O=C(c1ccc(C2(O)COC2)cc1)N1CCC(Oc2ccc(-c3ccc(C(F)(F)F)cc3)cn2)CC1. The van der Waals surface area contributed by atoms with Crippen LogP contribution >= 0.6 is 0 Å². The topological polar surface area (TPSA) is 71.9 Å². The quantitative estimate of drug-likeness (QED) is 0.554. The zero-order valence-electron chi connectivity index (χ0n) is 19.4. The molecule has 3 aromatic rings. The highest BCUT2D eigenvalue weighted by Crippen LogP contribution is 2.32. The van der Waals surface area contributed by atoms with E-state index in [1.54, 1.807) is 47.5 Å². The van der Waals surface area contributed by atoms with Crippen LogP contribution in [0.3, 0.4) is 0 Å². The molecule has 0 saturated carbocycles. The van der Waals surface area contributed by atoms with E-state index in [1.165, 1.54) is 12.1 Å². The van der Waals surface area contributed by atoms with Gasteiger partial charge in [-0.3, -0.25) is 4.79 Å². The van der Waals surface area contributed by atoms with Crippen LogP contribution in [-0.4, -0.2) is 53.3 Å². The summed E-state index contributed by atoms with van der Waals surface area (Å²) < 4.78 is 49.3. The predicted molar refractivity (Wildman–Crippen MR) is 125 cm³/mol. The maximum atomic E-state index is 12.9. The van der Waals surface area contributed by atoms with Crippen LogP contribution in [0.5, 0.6) is 5.88 Å². The van der Waals surface area contributed by atoms with Gasteiger partial charge in [-0.25, -0.2) is 4.98 Å². The molecule has 3 heterocycles. The number of carbonyl (C=O) groups is 1. The van der Waals surface area contributed by atoms with Gasteiger partial charge in [-0.05, 0) is 41.5 Å². The van der Waals surface area contributed by atoms with Crippen molar-refractivity contribution in [2.45, 2.75) is 30.7 Å². The van der Waals surface area contributed by atoms with E-state index in [0.717, 1.165) is 17.7 Å². The summed E-state index contributed by atoms with van der Waals surface area (Å²) in [6.45, 7) is 1.63. The Morgan fingerprint density at radius 1 is 0.972 bits per heavy atom. The molecule has 0 bridgehead atoms. The minimum Gasteiger partial charge on any atom is -0.474 e. The van der Waals surface area contributed by atoms with E-state index >= 15 is 0 Å². The van der Waals surface area contributed by atoms with E-state index in [1.807, 2.05) is 0 Å². The minimum absolute atomic E-state index is 0.0594. The number of alkyl halides is 3. The highest BCUT2D eigenvalue weighted by atomic mass is 19.4. The normalized spacial score (nSPS) is 17.9. The molecule has 2 fully saturated rings. The van der Waals surface area contributed by atoms with E-state index in [2.05, 4.69) is 4.98 Å². The zero-order chi connectivity index (χ0) is 25.3. The third-order valence-corrected chi connectivity index (χ3v) is 6.65. The third-order valence-electron chi connectivity index (χ3n) is 6.65. The summed E-state index contributed by atoms with van der Waals surface area (Å²) in [7, 11) is 0. The van der Waals surface area contributed by atoms with Crippen LogP contribution in [0.25, 0.3) is 11.1 Å². The number of aliphatic hydroxyl groups is 1. The van der Waals surface area contributed by atoms with Crippen LogP contribution in [0, 0.1) is 0 Å². The Morgan fingerprint density at radius 3 is 2.14 bits per heavy atom. The summed E-state index contributed by atoms with van der Waals surface area (Å²) in [6.07, 6.45) is -1.57. The van der Waals surface area contributed by atoms with E-state index in [9.17, 15) is 23.1 Å². The van der Waals surface area contributed by atoms with Crippen LogP contribution in [0.4, 0.5) is 13.2 Å². The fraction of sp³-hybridized carbons (Fsp3) is 0.333. The van der Waals surface area contributed by atoms with Crippen molar-refractivity contribution in [3.8, 4) is 17.0 Å². The lowest BCUT2D eigenvalue weighted by molar-refractivity contribution is -0.184. The predicted octanol–water partition coefficient (Wildman–Crippen LogP) is 4.67. The number of rotatable bonds is 5. The highest BCUT2D eigenvalue weighted by molar-refractivity contribution is 5.94. The molecule has 5 rings (SSSR count). The molecule has 2 aliphatic heterocycles. The van der Waals surface area contributed by atoms with Gasteiger partial charge in [0.25, 0.3) is 5.91 Å². The Morgan fingerprint density at radius 2 is 1.61 bits per heavy atom. The smallest absolute Gasteiger partial charge is 0.416 e. The van der Waals surface area contributed by atoms with Gasteiger partial charge in [0.05, 0.1) is 18.8 Å². The molecule has 36 heavy (non-hydrogen) atoms. The van der Waals surface area contributed by atoms with E-state index in [0.29, 0.717) is 48.5 Å². The van der Waals surface area contributed by atoms with E-state index < -0.39 is 17.3 Å². The molecule has 1 N–H and O–H groups in total. The van der Waals surface area contributed by atoms with E-state index in [-0.39, 0.29) is 25.2 Å². The molecule has 0 aliphatic carbocycles. The van der Waals surface area contributed by atoms with Crippen molar-refractivity contribution in [2.24, 2.45) is 0 Å². The lowest BCUT2D eigenvalue weighted by Crippen LogP contribution is -2.46. The lowest BCUT2D eigenvalue weighted by Gasteiger charge is -2.36. The van der Waals surface area contributed by atoms with Crippen molar-refractivity contribution in [1.82, 2.24) is 9.88 Å². The minimum atomic E-state index is -4.37. The first-order valence-corrected chi connectivity index (χ1v) is 11.7. The van der Waals surface area contributed by atoms with Crippen LogP contribution < -0.4 is 4.74 Å². The van der Waals surface area contributed by atoms with Gasteiger partial charge < -0.3 is 19.5 Å². The molecule has 188 valence electrons. The second-order valence-corrected chi connectivity index (χ2v) is 9.17. The van der Waals surface area contributed by atoms with Crippen LogP contribution in [0.1, 0.15) is 34.3 Å². The fourth-order valence-corrected chi connectivity index (χ4v) is 4.39. The molecule has 0 spiro atoms. The zero-order valence-corrected chi connectivity index (χ0v) is 19.4. The number of nitrogens with zero attached hydrogens (tertiary/aromatic N) is 2. The Balaban J connectivity index is 1.13. The van der Waals surface area contributed by atoms with Gasteiger partial charge in [-0.1, -0.05) is 24.3 Å². The number of halogens is 3. The first kappa shape index (κ1) is 24.3. The first-order valence-electron chi connectivity index (χ1n) is 11.7. The second kappa shape index (κ2) is 9.55. The van der Waals surface area contributed by atoms with Crippen LogP contribution in [-0.2, 0) is 16.5 Å². The van der Waals surface area contributed by atoms with Gasteiger partial charge in [-0.2, -0.15) is 13.2 Å². The summed E-state index contributed by atoms with van der Waals surface area (Å²) in [5, 5.41) is 10.3. The molecule has 0 unspecified atom stereocenters. The van der Waals surface area contributed by atoms with Crippen molar-refractivity contribution >= 4 is 5.91 Å². The lowest BCUT2D eigenvalue weighted by atomic mass is 9.91. The standard InChI is InChI=1S/C27H25F3N2O4/c28-27(29,30)22-8-1-18(2-9-22)20-5-10-24(31-15-20)36-23-11-13-32(14-12-23)25(33)19-3-6-21(7-4-19)26(34)16-35-17-26/h1-10,15,23,34H,11-14,16-17H2. The Kier molecular flexibility index (Phi) is 6.44. The summed E-state index contributed by atoms with van der Waals surface area (Å²) in [4.78, 5) is 19.0. The number of aromatic nitrogens is 1. The van der Waals surface area contributed by atoms with Gasteiger partial charge in [0.1, 0.15) is 11.7 Å². The molecule has 2 aliphatic rings. The van der Waals surface area contributed by atoms with Gasteiger partial charge in [0.15, 0.2) is 0 Å². The van der Waals surface area contributed by atoms with E-state index in [4.69, 9.17) is 9.47 Å². The second-order valence-electron chi connectivity index (χ2n) is 9.17. The fourth-order valence-electron chi connectivity index (χ4n) is 4.39. The first-order chi connectivity index (χ1) is 17.2. The summed E-state index contributed by atoms with van der Waals surface area (Å²) in [5.74, 6) is 0.375. The van der Waals surface area contributed by atoms with Crippen LogP contribution in [0.15, 0.2) is 66.9 Å². The van der Waals surface area contributed by atoms with Crippen LogP contribution in [0.2, 0.25) is 0 Å². The molecule has 1 aromatic heterocycles. The molecule has 0 atom stereocenters. The molecule has 0 radical (unpaired) electrons. The highest BCUT2D eigenvalue weighted by Gasteiger charge is 2.38. The number of carbonyl (C=O) groups excluding carboxylic acids is 1. The molecular formula is C27H25F3N2O4. The number of amides is 1. The van der Waals surface area contributed by atoms with Crippen molar-refractivity contribution in [3.05, 3.63) is 83.6 Å². The Bertz CT molecular complexity index is 1200. The monoisotopic (exact) mass is 498 g/mol. The number of benzene rings is 2. The van der Waals surface area contributed by atoms with Gasteiger partial charge in [-0.15, -0.1) is 0 Å². The molecule has 2 aromatic carbocycles. The Labute approximate surface area is 206 Å². The summed E-state index contributed by atoms with van der Waals surface area (Å²) in [6, 6.07) is 15.4. The van der Waals surface area contributed by atoms with Gasteiger partial charge in [0, 0.05) is 49.3 Å². The number of ether oxygens (including phenoxy) is 2. The average molecular weight is 499 g/mol. The molecular weight excluding hydrogens is 473 g/mol. The number of hydrogen-bond acceptors (Lipinski definition) is 5. The van der Waals surface area contributed by atoms with Crippen molar-refractivity contribution in [1.29, 1.82) is 0 Å². The van der Waals surface area contributed by atoms with Crippen molar-refractivity contribution in [3.63, 3.8) is 0 Å². The number of likely N-dealkylation sites (tertiary alicyclic amines) is 1. The average Bonchev–Trinajstić information content (AvgIpc) is 2.87. The van der Waals surface area contributed by atoms with Gasteiger partial charge >= 0.3 is 6.18 Å². The Hall–Kier alpha value is -3.43. The third kappa shape index (κ3) is 5.08. The van der Waals surface area contributed by atoms with Crippen molar-refractivity contribution in [2.75, 3.05) is 26.3 Å². The molecule has 1 amide bonds. The number of piperidine rings is 1. The maximum Gasteiger partial charge on any atom is 0.416 e. The molecule has 9 heteroatoms. The number of pyridine rings is 1. The van der Waals surface area contributed by atoms with Crippen molar-refractivity contribution < 1.29 is 32.5 Å². The molecule has 2 saturated heterocycles. The van der Waals surface area contributed by atoms with Gasteiger partial charge in [0.2, 0.25) is 5.88 Å². The number of hydrogen-bond donors (Lipinski definition) is 1. The molecule has 6 nitrogen and oxygen atoms in total. The summed E-state index contributed by atoms with van der Waals surface area (Å²) in [5.41, 5.74) is 0.998. The maximum absolute atomic E-state index is 12.9. The summed E-state index contributed by atoms with van der Waals surface area (Å²) >= 11 is 0. The largest absolute Gasteiger partial charge is 0.474 e.